The van der Waals surface area contributed by atoms with Crippen LogP contribution in [0.2, 0.25) is 0 Å². The maximum atomic E-state index is 5.61. The predicted octanol–water partition coefficient (Wildman–Crippen LogP) is -1.05. The SMILES string of the molecule is CC(C)[N+](C)(C)CCOc1cccnc1.[Cl-]. The van der Waals surface area contributed by atoms with Crippen LogP contribution in [0.4, 0.5) is 0 Å². The summed E-state index contributed by atoms with van der Waals surface area (Å²) < 4.78 is 6.59. The van der Waals surface area contributed by atoms with E-state index in [1.807, 2.05) is 12.1 Å². The van der Waals surface area contributed by atoms with Crippen molar-refractivity contribution in [3.8, 4) is 5.75 Å². The lowest BCUT2D eigenvalue weighted by molar-refractivity contribution is -0.911. The van der Waals surface area contributed by atoms with Gasteiger partial charge in [-0.25, -0.2) is 0 Å². The van der Waals surface area contributed by atoms with Crippen LogP contribution >= 0.6 is 0 Å². The lowest BCUT2D eigenvalue weighted by Crippen LogP contribution is -3.00. The maximum Gasteiger partial charge on any atom is 0.137 e. The number of hydrogen-bond acceptors (Lipinski definition) is 2. The van der Waals surface area contributed by atoms with Crippen molar-refractivity contribution in [2.75, 3.05) is 27.2 Å². The Balaban J connectivity index is 0.00000225. The fourth-order valence-corrected chi connectivity index (χ4v) is 1.09. The lowest BCUT2D eigenvalue weighted by atomic mass is 10.3. The molecule has 0 saturated heterocycles. The van der Waals surface area contributed by atoms with Crippen molar-refractivity contribution >= 4 is 0 Å². The molecule has 0 radical (unpaired) electrons. The maximum absolute atomic E-state index is 5.61. The molecule has 0 fully saturated rings. The normalized spacial score (nSPS) is 11.1. The number of halogens is 1. The molecule has 0 aliphatic heterocycles. The van der Waals surface area contributed by atoms with Crippen molar-refractivity contribution in [1.82, 2.24) is 4.98 Å². The molecule has 0 unspecified atom stereocenters. The van der Waals surface area contributed by atoms with Crippen molar-refractivity contribution in [2.24, 2.45) is 0 Å². The molecule has 92 valence electrons. The summed E-state index contributed by atoms with van der Waals surface area (Å²) in [7, 11) is 4.44. The highest BCUT2D eigenvalue weighted by molar-refractivity contribution is 5.15. The Hall–Kier alpha value is -0.800. The van der Waals surface area contributed by atoms with Gasteiger partial charge in [0.1, 0.15) is 18.9 Å². The summed E-state index contributed by atoms with van der Waals surface area (Å²) in [5, 5.41) is 0. The number of nitrogens with zero attached hydrogens (tertiary/aromatic N) is 2. The molecule has 1 aromatic heterocycles. The third kappa shape index (κ3) is 4.81. The van der Waals surface area contributed by atoms with Gasteiger partial charge >= 0.3 is 0 Å². The first-order valence-corrected chi connectivity index (χ1v) is 5.38. The molecule has 0 aliphatic carbocycles. The molecular formula is C12H21ClN2O. The van der Waals surface area contributed by atoms with Gasteiger partial charge in [-0.05, 0) is 26.0 Å². The van der Waals surface area contributed by atoms with Gasteiger partial charge in [0, 0.05) is 6.20 Å². The molecule has 0 amide bonds. The Morgan fingerprint density at radius 1 is 1.38 bits per heavy atom. The van der Waals surface area contributed by atoms with Crippen molar-refractivity contribution in [3.05, 3.63) is 24.5 Å². The summed E-state index contributed by atoms with van der Waals surface area (Å²) in [5.74, 6) is 0.848. The van der Waals surface area contributed by atoms with E-state index in [4.69, 9.17) is 4.74 Å². The first-order chi connectivity index (χ1) is 7.02. The van der Waals surface area contributed by atoms with Gasteiger partial charge < -0.3 is 21.6 Å². The molecule has 4 heteroatoms. The number of pyridine rings is 1. The van der Waals surface area contributed by atoms with E-state index in [0.717, 1.165) is 23.4 Å². The van der Waals surface area contributed by atoms with Crippen LogP contribution in [0, 0.1) is 0 Å². The largest absolute Gasteiger partial charge is 1.00 e. The zero-order valence-electron chi connectivity index (χ0n) is 10.5. The minimum absolute atomic E-state index is 0. The van der Waals surface area contributed by atoms with Crippen molar-refractivity contribution < 1.29 is 21.6 Å². The topological polar surface area (TPSA) is 22.1 Å². The van der Waals surface area contributed by atoms with Crippen LogP contribution in [0.25, 0.3) is 0 Å². The average molecular weight is 245 g/mol. The van der Waals surface area contributed by atoms with E-state index in [0.29, 0.717) is 6.04 Å². The first kappa shape index (κ1) is 15.2. The molecule has 0 N–H and O–H groups in total. The van der Waals surface area contributed by atoms with Crippen LogP contribution in [0.1, 0.15) is 13.8 Å². The Morgan fingerprint density at radius 2 is 2.06 bits per heavy atom. The lowest BCUT2D eigenvalue weighted by Gasteiger charge is -2.33. The quantitative estimate of drug-likeness (QED) is 0.617. The third-order valence-electron chi connectivity index (χ3n) is 2.97. The Morgan fingerprint density at radius 3 is 2.56 bits per heavy atom. The number of aromatic nitrogens is 1. The van der Waals surface area contributed by atoms with E-state index in [1.165, 1.54) is 0 Å². The molecule has 0 bridgehead atoms. The van der Waals surface area contributed by atoms with Gasteiger partial charge in [0.25, 0.3) is 0 Å². The van der Waals surface area contributed by atoms with E-state index >= 15 is 0 Å². The van der Waals surface area contributed by atoms with Crippen LogP contribution in [0.5, 0.6) is 5.75 Å². The van der Waals surface area contributed by atoms with Gasteiger partial charge in [0.2, 0.25) is 0 Å². The summed E-state index contributed by atoms with van der Waals surface area (Å²) >= 11 is 0. The van der Waals surface area contributed by atoms with Gasteiger partial charge in [0.05, 0.1) is 26.3 Å². The number of likely N-dealkylation sites (N-methyl/N-ethyl adjacent to an activating group) is 1. The molecule has 0 atom stereocenters. The fraction of sp³-hybridized carbons (Fsp3) is 0.583. The molecule has 16 heavy (non-hydrogen) atoms. The molecule has 1 rings (SSSR count). The van der Waals surface area contributed by atoms with Crippen LogP contribution in [0.3, 0.4) is 0 Å². The van der Waals surface area contributed by atoms with Crippen molar-refractivity contribution in [1.29, 1.82) is 0 Å². The highest BCUT2D eigenvalue weighted by atomic mass is 35.5. The summed E-state index contributed by atoms with van der Waals surface area (Å²) in [6.45, 7) is 6.19. The molecule has 3 nitrogen and oxygen atoms in total. The van der Waals surface area contributed by atoms with E-state index < -0.39 is 0 Å². The first-order valence-electron chi connectivity index (χ1n) is 5.38. The van der Waals surface area contributed by atoms with Crippen LogP contribution < -0.4 is 17.1 Å². The molecule has 0 saturated carbocycles. The Bertz CT molecular complexity index is 288. The van der Waals surface area contributed by atoms with Crippen molar-refractivity contribution in [2.45, 2.75) is 19.9 Å². The second-order valence-electron chi connectivity index (χ2n) is 4.63. The predicted molar refractivity (Wildman–Crippen MR) is 61.8 cm³/mol. The zero-order valence-corrected chi connectivity index (χ0v) is 11.2. The van der Waals surface area contributed by atoms with Gasteiger partial charge in [-0.15, -0.1) is 0 Å². The number of rotatable bonds is 5. The van der Waals surface area contributed by atoms with Crippen molar-refractivity contribution in [3.63, 3.8) is 0 Å². The minimum atomic E-state index is 0. The van der Waals surface area contributed by atoms with E-state index in [2.05, 4.69) is 32.9 Å². The summed E-state index contributed by atoms with van der Waals surface area (Å²) in [6.07, 6.45) is 3.50. The second kappa shape index (κ2) is 6.71. The van der Waals surface area contributed by atoms with E-state index in [1.54, 1.807) is 12.4 Å². The molecule has 0 spiro atoms. The molecule has 0 aliphatic rings. The monoisotopic (exact) mass is 244 g/mol. The molecule has 1 heterocycles. The zero-order chi connectivity index (χ0) is 11.3. The van der Waals surface area contributed by atoms with Gasteiger partial charge in [-0.2, -0.15) is 0 Å². The van der Waals surface area contributed by atoms with Crippen LogP contribution in [0.15, 0.2) is 24.5 Å². The minimum Gasteiger partial charge on any atom is -1.00 e. The Labute approximate surface area is 104 Å². The van der Waals surface area contributed by atoms with Crippen LogP contribution in [-0.4, -0.2) is 42.8 Å². The van der Waals surface area contributed by atoms with Gasteiger partial charge in [0.15, 0.2) is 0 Å². The number of quaternary nitrogens is 1. The summed E-state index contributed by atoms with van der Waals surface area (Å²) in [6, 6.07) is 4.43. The molecular weight excluding hydrogens is 224 g/mol. The molecule has 0 aromatic carbocycles. The van der Waals surface area contributed by atoms with Gasteiger partial charge in [-0.1, -0.05) is 0 Å². The van der Waals surface area contributed by atoms with Gasteiger partial charge in [-0.3, -0.25) is 4.98 Å². The smallest absolute Gasteiger partial charge is 0.137 e. The van der Waals surface area contributed by atoms with E-state index in [9.17, 15) is 0 Å². The second-order valence-corrected chi connectivity index (χ2v) is 4.63. The van der Waals surface area contributed by atoms with Crippen LogP contribution in [-0.2, 0) is 0 Å². The summed E-state index contributed by atoms with van der Waals surface area (Å²) in [5.41, 5.74) is 0. The third-order valence-corrected chi connectivity index (χ3v) is 2.97. The number of ether oxygens (including phenoxy) is 1. The van der Waals surface area contributed by atoms with E-state index in [-0.39, 0.29) is 12.4 Å². The highest BCUT2D eigenvalue weighted by Gasteiger charge is 2.19. The standard InChI is InChI=1S/C12H21N2O.ClH/c1-11(2)14(3,4)8-9-15-12-6-5-7-13-10-12;/h5-7,10-11H,8-9H2,1-4H3;1H/q+1;/p-1. The fourth-order valence-electron chi connectivity index (χ4n) is 1.09. The Kier molecular flexibility index (Phi) is 6.38. The number of hydrogen-bond donors (Lipinski definition) is 0. The average Bonchev–Trinajstić information content (AvgIpc) is 2.19. The summed E-state index contributed by atoms with van der Waals surface area (Å²) in [4.78, 5) is 4.00. The molecule has 1 aromatic rings. The highest BCUT2D eigenvalue weighted by Crippen LogP contribution is 2.08.